The number of Topliss-reactive ketones (excluding diaryl/α,β-unsaturated/α-hetero) is 1. The van der Waals surface area contributed by atoms with Crippen molar-refractivity contribution in [2.45, 2.75) is 63.4 Å². The molecule has 0 amide bonds. The lowest BCUT2D eigenvalue weighted by atomic mass is 10.1. The predicted octanol–water partition coefficient (Wildman–Crippen LogP) is 2.07. The highest BCUT2D eigenvalue weighted by Gasteiger charge is 2.97. The van der Waals surface area contributed by atoms with E-state index in [1.54, 1.807) is 0 Å². The SMILES string of the molecule is CC[N+]12CC[N+]3(C)CC[N+]4(CC(=O)CCCOCCOC5C=CCC[Si](C)(C)C5)CC[N+](CC(=O)O)(CC1)C324. The van der Waals surface area contributed by atoms with Crippen LogP contribution in [0.15, 0.2) is 12.2 Å². The number of carbonyl (C=O) groups is 2. The summed E-state index contributed by atoms with van der Waals surface area (Å²) in [5.74, 6) is -0.614. The van der Waals surface area contributed by atoms with Gasteiger partial charge in [0, 0.05) is 13.0 Å². The molecule has 5 aliphatic rings. The van der Waals surface area contributed by atoms with Gasteiger partial charge in [0.2, 0.25) is 0 Å². The Hall–Kier alpha value is -1.14. The monoisotopic (exact) mass is 566 g/mol. The quantitative estimate of drug-likeness (QED) is 0.160. The maximum absolute atomic E-state index is 13.5. The third kappa shape index (κ3) is 4.58. The second kappa shape index (κ2) is 10.6. The van der Waals surface area contributed by atoms with E-state index in [1.807, 2.05) is 0 Å². The van der Waals surface area contributed by atoms with E-state index in [0.29, 0.717) is 43.1 Å². The molecule has 9 nitrogen and oxygen atoms in total. The Labute approximate surface area is 236 Å². The standard InChI is InChI=1S/C29H53N4O5Si/c1-5-31-13-11-30(2)12-14-32(17-18-33(16-15-31,24-28(35)36)29(30,31)32)23-26(34)9-8-19-37-20-21-38-27-10-6-7-22-39(3,4)25-27/h6,10,27H,5,7-9,11-25H2,1-4H3/q+3/p+1. The molecular formula is C29H54N4O5Si+4. The second-order valence-electron chi connectivity index (χ2n) is 14.2. The third-order valence-electron chi connectivity index (χ3n) is 11.5. The highest BCUT2D eigenvalue weighted by Crippen LogP contribution is 2.61. The number of likely N-dealkylation sites (N-methyl/N-ethyl adjacent to an activating group) is 2. The van der Waals surface area contributed by atoms with Crippen LogP contribution in [0, 0.1) is 0 Å². The lowest BCUT2D eigenvalue weighted by molar-refractivity contribution is -1.36. The Morgan fingerprint density at radius 2 is 1.59 bits per heavy atom. The van der Waals surface area contributed by atoms with Crippen LogP contribution < -0.4 is 0 Å². The van der Waals surface area contributed by atoms with Crippen molar-refractivity contribution in [3.05, 3.63) is 12.2 Å². The largest absolute Gasteiger partial charge is 0.482 e. The van der Waals surface area contributed by atoms with E-state index >= 15 is 0 Å². The van der Waals surface area contributed by atoms with Crippen LogP contribution in [-0.4, -0.2) is 154 Å². The highest BCUT2D eigenvalue weighted by atomic mass is 28.3. The van der Waals surface area contributed by atoms with Crippen LogP contribution in [0.3, 0.4) is 0 Å². The number of rotatable bonds is 13. The average molecular weight is 567 g/mol. The summed E-state index contributed by atoms with van der Waals surface area (Å²) in [6.45, 7) is 18.7. The molecule has 39 heavy (non-hydrogen) atoms. The van der Waals surface area contributed by atoms with Crippen molar-refractivity contribution in [2.75, 3.05) is 98.9 Å². The number of ether oxygens (including phenoxy) is 2. The second-order valence-corrected chi connectivity index (χ2v) is 19.5. The van der Waals surface area contributed by atoms with Crippen LogP contribution in [0.2, 0.25) is 25.2 Å². The molecular weight excluding hydrogens is 512 g/mol. The third-order valence-corrected chi connectivity index (χ3v) is 14.7. The van der Waals surface area contributed by atoms with Crippen LogP contribution in [0.5, 0.6) is 0 Å². The summed E-state index contributed by atoms with van der Waals surface area (Å²) in [6, 6.07) is 2.52. The molecule has 5 aliphatic heterocycles. The van der Waals surface area contributed by atoms with E-state index in [1.165, 1.54) is 18.5 Å². The molecule has 10 heteroatoms. The van der Waals surface area contributed by atoms with Gasteiger partial charge >= 0.3 is 11.9 Å². The first kappa shape index (κ1) is 29.4. The Morgan fingerprint density at radius 3 is 2.28 bits per heavy atom. The summed E-state index contributed by atoms with van der Waals surface area (Å²) in [5, 5.41) is 10.0. The van der Waals surface area contributed by atoms with Gasteiger partial charge in [0.25, 0.3) is 0 Å². The van der Waals surface area contributed by atoms with Gasteiger partial charge in [0.05, 0.1) is 41.0 Å². The molecule has 0 aromatic heterocycles. The van der Waals surface area contributed by atoms with Gasteiger partial charge in [-0.1, -0.05) is 31.3 Å². The van der Waals surface area contributed by atoms with Crippen molar-refractivity contribution < 1.29 is 42.1 Å². The van der Waals surface area contributed by atoms with Gasteiger partial charge in [-0.15, -0.1) is 4.48 Å². The van der Waals surface area contributed by atoms with Gasteiger partial charge in [-0.2, -0.15) is 13.4 Å². The fourth-order valence-corrected chi connectivity index (χ4v) is 12.6. The maximum atomic E-state index is 13.5. The fraction of sp³-hybridized carbons (Fsp3) is 0.862. The molecule has 6 atom stereocenters. The van der Waals surface area contributed by atoms with E-state index in [-0.39, 0.29) is 18.6 Å². The average Bonchev–Trinajstić information content (AvgIpc) is 3.45. The highest BCUT2D eigenvalue weighted by molar-refractivity contribution is 6.77. The molecule has 4 fully saturated rings. The molecule has 0 aromatic rings. The molecule has 5 heterocycles. The number of nitrogens with zero attached hydrogens (tertiary/aromatic N) is 4. The predicted molar refractivity (Wildman–Crippen MR) is 152 cm³/mol. The molecule has 0 saturated carbocycles. The Bertz CT molecular complexity index is 995. The van der Waals surface area contributed by atoms with Gasteiger partial charge < -0.3 is 14.6 Å². The number of hydrogen-bond donors (Lipinski definition) is 1. The lowest BCUT2D eigenvalue weighted by Crippen LogP contribution is -2.84. The molecule has 0 bridgehead atoms. The number of carbonyl (C=O) groups excluding carboxylic acids is 1. The minimum absolute atomic E-state index is 0.189. The molecule has 5 rings (SSSR count). The van der Waals surface area contributed by atoms with E-state index in [9.17, 15) is 14.7 Å². The van der Waals surface area contributed by atoms with Gasteiger partial charge in [0.15, 0.2) is 18.9 Å². The molecule has 4 saturated heterocycles. The first-order valence-electron chi connectivity index (χ1n) is 15.5. The van der Waals surface area contributed by atoms with E-state index < -0.39 is 14.0 Å². The Kier molecular flexibility index (Phi) is 7.98. The van der Waals surface area contributed by atoms with Crippen LogP contribution in [0.25, 0.3) is 0 Å². The van der Waals surface area contributed by atoms with E-state index in [0.717, 1.165) is 78.8 Å². The van der Waals surface area contributed by atoms with Crippen molar-refractivity contribution in [1.29, 1.82) is 0 Å². The minimum atomic E-state index is -1.16. The lowest BCUT2D eigenvalue weighted by Gasteiger charge is -2.49. The summed E-state index contributed by atoms with van der Waals surface area (Å²) >= 11 is 0. The first-order chi connectivity index (χ1) is 18.5. The van der Waals surface area contributed by atoms with Crippen molar-refractivity contribution in [3.63, 3.8) is 0 Å². The van der Waals surface area contributed by atoms with Gasteiger partial charge in [-0.25, -0.2) is 4.79 Å². The Balaban J connectivity index is 1.16. The van der Waals surface area contributed by atoms with Crippen LogP contribution in [0.1, 0.15) is 26.2 Å². The zero-order chi connectivity index (χ0) is 28.0. The van der Waals surface area contributed by atoms with E-state index in [4.69, 9.17) is 9.47 Å². The number of ketones is 1. The zero-order valence-corrected chi connectivity index (χ0v) is 26.0. The zero-order valence-electron chi connectivity index (χ0n) is 25.0. The minimum Gasteiger partial charge on any atom is -0.477 e. The molecule has 220 valence electrons. The molecule has 1 N–H and O–H groups in total. The van der Waals surface area contributed by atoms with Gasteiger partial charge in [-0.05, 0) is 25.8 Å². The molecule has 0 aliphatic carbocycles. The Morgan fingerprint density at radius 1 is 0.949 bits per heavy atom. The summed E-state index contributed by atoms with van der Waals surface area (Å²) in [6.07, 6.45) is 7.20. The number of carboxylic acid groups (broad SMARTS) is 1. The molecule has 0 aromatic carbocycles. The van der Waals surface area contributed by atoms with Gasteiger partial charge in [-0.3, -0.25) is 4.79 Å². The maximum Gasteiger partial charge on any atom is 0.482 e. The van der Waals surface area contributed by atoms with Crippen molar-refractivity contribution >= 4 is 19.8 Å². The number of carboxylic acids is 1. The number of allylic oxidation sites excluding steroid dienone is 1. The number of aliphatic carboxylic acids is 1. The smallest absolute Gasteiger partial charge is 0.477 e. The van der Waals surface area contributed by atoms with Crippen LogP contribution in [-0.2, 0) is 19.1 Å². The summed E-state index contributed by atoms with van der Waals surface area (Å²) in [7, 11) is 1.21. The number of hydrogen-bond acceptors (Lipinski definition) is 4. The van der Waals surface area contributed by atoms with Gasteiger partial charge in [0.1, 0.15) is 52.4 Å². The van der Waals surface area contributed by atoms with Crippen molar-refractivity contribution in [3.8, 4) is 0 Å². The molecule has 1 spiro atoms. The summed E-state index contributed by atoms with van der Waals surface area (Å²) in [4.78, 5) is 25.7. The van der Waals surface area contributed by atoms with E-state index in [2.05, 4.69) is 39.2 Å². The summed E-state index contributed by atoms with van der Waals surface area (Å²) in [5.41, 5.74) is 0. The topological polar surface area (TPSA) is 72.8 Å². The number of quaternary nitrogens is 4. The van der Waals surface area contributed by atoms with Crippen molar-refractivity contribution in [2.24, 2.45) is 0 Å². The van der Waals surface area contributed by atoms with Crippen LogP contribution >= 0.6 is 0 Å². The van der Waals surface area contributed by atoms with Crippen molar-refractivity contribution in [1.82, 2.24) is 0 Å². The molecule has 0 radical (unpaired) electrons. The fourth-order valence-electron chi connectivity index (χ4n) is 10.1. The normalized spacial score (nSPS) is 41.9. The molecule has 6 unspecified atom stereocenters. The van der Waals surface area contributed by atoms with Crippen LogP contribution in [0.4, 0.5) is 0 Å². The summed E-state index contributed by atoms with van der Waals surface area (Å²) < 4.78 is 15.3. The first-order valence-corrected chi connectivity index (χ1v) is 18.9.